The first kappa shape index (κ1) is 29.6. The van der Waals surface area contributed by atoms with Crippen LogP contribution in [-0.4, -0.2) is 37.7 Å². The van der Waals surface area contributed by atoms with Gasteiger partial charge in [-0.2, -0.15) is 0 Å². The van der Waals surface area contributed by atoms with Crippen molar-refractivity contribution in [2.75, 3.05) is 19.8 Å². The minimum atomic E-state index is -0.485. The fourth-order valence-electron chi connectivity index (χ4n) is 3.43. The van der Waals surface area contributed by atoms with Crippen molar-refractivity contribution in [2.45, 2.75) is 19.8 Å². The third-order valence-corrected chi connectivity index (χ3v) is 5.59. The van der Waals surface area contributed by atoms with Crippen LogP contribution in [0.15, 0.2) is 104 Å². The number of rotatable bonds is 14. The maximum absolute atomic E-state index is 12.2. The lowest BCUT2D eigenvalue weighted by molar-refractivity contribution is -0.139. The van der Waals surface area contributed by atoms with Gasteiger partial charge in [-0.15, -0.1) is 0 Å². The Bertz CT molecular complexity index is 1340. The number of carbonyl (C=O) groups excluding carboxylic acids is 3. The van der Waals surface area contributed by atoms with Crippen molar-refractivity contribution in [2.24, 2.45) is 0 Å². The molecule has 0 N–H and O–H groups in total. The number of esters is 3. The molecule has 7 nitrogen and oxygen atoms in total. The fraction of sp³-hybridized carbons (Fsp3) is 0.182. The van der Waals surface area contributed by atoms with Crippen LogP contribution in [0.2, 0.25) is 0 Å². The molecule has 0 fully saturated rings. The van der Waals surface area contributed by atoms with E-state index in [9.17, 15) is 14.4 Å². The smallest absolute Gasteiger partial charge is 0.336 e. The van der Waals surface area contributed by atoms with E-state index in [1.807, 2.05) is 60.7 Å². The van der Waals surface area contributed by atoms with E-state index >= 15 is 0 Å². The van der Waals surface area contributed by atoms with Crippen LogP contribution in [-0.2, 0) is 30.3 Å². The molecular formula is C33H32O7. The molecule has 0 radical (unpaired) electrons. The molecule has 0 saturated heterocycles. The molecule has 3 aromatic carbocycles. The molecular weight excluding hydrogens is 508 g/mol. The van der Waals surface area contributed by atoms with E-state index in [2.05, 4.69) is 13.2 Å². The van der Waals surface area contributed by atoms with Crippen LogP contribution in [0.4, 0.5) is 0 Å². The maximum Gasteiger partial charge on any atom is 0.336 e. The molecule has 3 aromatic rings. The molecule has 0 unspecified atom stereocenters. The van der Waals surface area contributed by atoms with Crippen molar-refractivity contribution in [1.82, 2.24) is 0 Å². The first-order chi connectivity index (χ1) is 19.3. The minimum absolute atomic E-state index is 0.253. The lowest BCUT2D eigenvalue weighted by Crippen LogP contribution is -2.09. The average molecular weight is 541 g/mol. The summed E-state index contributed by atoms with van der Waals surface area (Å²) in [6.45, 7) is 9.49. The highest BCUT2D eigenvalue weighted by molar-refractivity contribution is 5.89. The van der Waals surface area contributed by atoms with E-state index < -0.39 is 17.9 Å². The molecule has 40 heavy (non-hydrogen) atoms. The first-order valence-electron chi connectivity index (χ1n) is 12.8. The number of hydrogen-bond acceptors (Lipinski definition) is 7. The van der Waals surface area contributed by atoms with Crippen molar-refractivity contribution >= 4 is 24.0 Å². The topological polar surface area (TPSA) is 88.1 Å². The molecule has 206 valence electrons. The largest absolute Gasteiger partial charge is 0.493 e. The second-order valence-electron chi connectivity index (χ2n) is 8.78. The Labute approximate surface area is 234 Å². The average Bonchev–Trinajstić information content (AvgIpc) is 2.97. The molecule has 0 aliphatic carbocycles. The van der Waals surface area contributed by atoms with E-state index in [1.165, 1.54) is 6.08 Å². The van der Waals surface area contributed by atoms with E-state index in [0.29, 0.717) is 30.8 Å². The molecule has 0 amide bonds. The summed E-state index contributed by atoms with van der Waals surface area (Å²) in [5, 5.41) is 0. The van der Waals surface area contributed by atoms with Gasteiger partial charge in [0.15, 0.2) is 0 Å². The highest BCUT2D eigenvalue weighted by Gasteiger charge is 2.05. The van der Waals surface area contributed by atoms with Gasteiger partial charge in [-0.1, -0.05) is 61.7 Å². The number of hydrogen-bond donors (Lipinski definition) is 0. The van der Waals surface area contributed by atoms with E-state index in [0.717, 1.165) is 34.1 Å². The summed E-state index contributed by atoms with van der Waals surface area (Å²) >= 11 is 0. The Kier molecular flexibility index (Phi) is 11.5. The zero-order chi connectivity index (χ0) is 28.7. The summed E-state index contributed by atoms with van der Waals surface area (Å²) < 4.78 is 21.1. The van der Waals surface area contributed by atoms with Crippen LogP contribution in [0.1, 0.15) is 24.5 Å². The molecule has 7 heteroatoms. The lowest BCUT2D eigenvalue weighted by atomic mass is 10.0. The monoisotopic (exact) mass is 540 g/mol. The zero-order valence-electron chi connectivity index (χ0n) is 22.5. The summed E-state index contributed by atoms with van der Waals surface area (Å²) in [6, 6.07) is 22.5. The third-order valence-electron chi connectivity index (χ3n) is 5.59. The predicted molar refractivity (Wildman–Crippen MR) is 154 cm³/mol. The normalized spacial score (nSPS) is 10.5. The Morgan fingerprint density at radius 1 is 0.750 bits per heavy atom. The molecule has 0 saturated carbocycles. The number of carbonyl (C=O) groups is 3. The van der Waals surface area contributed by atoms with Crippen LogP contribution in [0, 0.1) is 0 Å². The highest BCUT2D eigenvalue weighted by atomic mass is 16.5. The van der Waals surface area contributed by atoms with Gasteiger partial charge in [0, 0.05) is 30.6 Å². The van der Waals surface area contributed by atoms with E-state index in [-0.39, 0.29) is 13.2 Å². The molecule has 3 rings (SSSR count). The summed E-state index contributed by atoms with van der Waals surface area (Å²) in [7, 11) is 0. The summed E-state index contributed by atoms with van der Waals surface area (Å²) in [6.07, 6.45) is 5.34. The molecule has 0 aromatic heterocycles. The van der Waals surface area contributed by atoms with Gasteiger partial charge in [-0.25, -0.2) is 14.4 Å². The van der Waals surface area contributed by atoms with Crippen LogP contribution >= 0.6 is 0 Å². The van der Waals surface area contributed by atoms with Gasteiger partial charge in [-0.3, -0.25) is 0 Å². The van der Waals surface area contributed by atoms with Gasteiger partial charge in [-0.05, 0) is 59.5 Å². The summed E-state index contributed by atoms with van der Waals surface area (Å²) in [4.78, 5) is 34.7. The number of benzene rings is 3. The maximum atomic E-state index is 12.2. The molecule has 0 aliphatic rings. The first-order valence-corrected chi connectivity index (χ1v) is 12.8. The standard InChI is InChI=1S/C33H32O7/c1-4-31(34)38-23-20-26-8-15-30(16-9-26)40-32(35)19-10-25-6-11-27(12-7-25)28-13-17-29(18-14-28)37-21-5-22-39-33(36)24(2)3/h4,6-19H,1-2,5,20-23H2,3H3/b19-10+. The zero-order valence-corrected chi connectivity index (χ0v) is 22.5. The highest BCUT2D eigenvalue weighted by Crippen LogP contribution is 2.23. The third kappa shape index (κ3) is 10.1. The van der Waals surface area contributed by atoms with Gasteiger partial charge < -0.3 is 18.9 Å². The summed E-state index contributed by atoms with van der Waals surface area (Å²) in [5.41, 5.74) is 4.24. The minimum Gasteiger partial charge on any atom is -0.493 e. The van der Waals surface area contributed by atoms with Gasteiger partial charge in [0.25, 0.3) is 0 Å². The Morgan fingerprint density at radius 2 is 1.38 bits per heavy atom. The van der Waals surface area contributed by atoms with E-state index in [1.54, 1.807) is 25.1 Å². The molecule has 0 aliphatic heterocycles. The van der Waals surface area contributed by atoms with Crippen molar-refractivity contribution in [1.29, 1.82) is 0 Å². The SMILES string of the molecule is C=CC(=O)OCCc1ccc(OC(=O)/C=C/c2ccc(-c3ccc(OCCCOC(=O)C(=C)C)cc3)cc2)cc1. The van der Waals surface area contributed by atoms with Crippen LogP contribution < -0.4 is 9.47 Å². The molecule has 0 bridgehead atoms. The Morgan fingerprint density at radius 3 is 2.00 bits per heavy atom. The summed E-state index contributed by atoms with van der Waals surface area (Å²) in [5.74, 6) is -0.175. The molecule has 0 atom stereocenters. The van der Waals surface area contributed by atoms with Crippen molar-refractivity contribution in [3.63, 3.8) is 0 Å². The second-order valence-corrected chi connectivity index (χ2v) is 8.78. The van der Waals surface area contributed by atoms with Crippen LogP contribution in [0.3, 0.4) is 0 Å². The molecule has 0 spiro atoms. The number of ether oxygens (including phenoxy) is 4. The van der Waals surface area contributed by atoms with Gasteiger partial charge in [0.05, 0.1) is 19.8 Å². The van der Waals surface area contributed by atoms with Gasteiger partial charge in [0.2, 0.25) is 0 Å². The lowest BCUT2D eigenvalue weighted by Gasteiger charge is -2.08. The molecule has 0 heterocycles. The van der Waals surface area contributed by atoms with Gasteiger partial charge in [0.1, 0.15) is 11.5 Å². The van der Waals surface area contributed by atoms with E-state index in [4.69, 9.17) is 18.9 Å². The fourth-order valence-corrected chi connectivity index (χ4v) is 3.43. The van der Waals surface area contributed by atoms with Crippen molar-refractivity contribution in [3.8, 4) is 22.6 Å². The predicted octanol–water partition coefficient (Wildman–Crippen LogP) is 6.13. The quantitative estimate of drug-likeness (QED) is 0.105. The Hall–Kier alpha value is -4.91. The van der Waals surface area contributed by atoms with Gasteiger partial charge >= 0.3 is 17.9 Å². The van der Waals surface area contributed by atoms with Crippen LogP contribution in [0.5, 0.6) is 11.5 Å². The van der Waals surface area contributed by atoms with Crippen molar-refractivity contribution < 1.29 is 33.3 Å². The van der Waals surface area contributed by atoms with Crippen molar-refractivity contribution in [3.05, 3.63) is 115 Å². The Balaban J connectivity index is 1.43. The van der Waals surface area contributed by atoms with Crippen LogP contribution in [0.25, 0.3) is 17.2 Å². The second kappa shape index (κ2) is 15.5.